The number of ether oxygens (including phenoxy) is 1. The van der Waals surface area contributed by atoms with E-state index in [2.05, 4.69) is 4.74 Å². The van der Waals surface area contributed by atoms with Crippen LogP contribution < -0.4 is 5.73 Å². The van der Waals surface area contributed by atoms with Gasteiger partial charge in [-0.25, -0.2) is 4.39 Å². The molecule has 5 heteroatoms. The minimum Gasteiger partial charge on any atom is -0.468 e. The molecule has 0 aliphatic carbocycles. The second-order valence-electron chi connectivity index (χ2n) is 3.05. The van der Waals surface area contributed by atoms with Gasteiger partial charge in [0.05, 0.1) is 12.1 Å². The van der Waals surface area contributed by atoms with Crippen LogP contribution in [0.4, 0.5) is 4.39 Å². The number of carbonyl (C=O) groups excluding carboxylic acids is 1. The van der Waals surface area contributed by atoms with E-state index in [1.807, 2.05) is 0 Å². The van der Waals surface area contributed by atoms with Gasteiger partial charge in [0.25, 0.3) is 0 Å². The molecule has 2 N–H and O–H groups in total. The first-order chi connectivity index (χ1) is 7.06. The Labute approximate surface area is 92.0 Å². The molecule has 3 nitrogen and oxygen atoms in total. The Bertz CT molecular complexity index is 370. The molecule has 0 spiro atoms. The highest BCUT2D eigenvalue weighted by atomic mass is 35.5. The van der Waals surface area contributed by atoms with Gasteiger partial charge in [0.1, 0.15) is 11.9 Å². The van der Waals surface area contributed by atoms with Crippen molar-refractivity contribution in [3.63, 3.8) is 0 Å². The van der Waals surface area contributed by atoms with Gasteiger partial charge >= 0.3 is 5.97 Å². The quantitative estimate of drug-likeness (QED) is 0.803. The first-order valence-corrected chi connectivity index (χ1v) is 4.70. The van der Waals surface area contributed by atoms with Crippen molar-refractivity contribution in [2.75, 3.05) is 7.11 Å². The van der Waals surface area contributed by atoms with Crippen LogP contribution in [-0.4, -0.2) is 19.1 Å². The number of methoxy groups -OCH3 is 1. The van der Waals surface area contributed by atoms with E-state index in [0.717, 1.165) is 0 Å². The molecule has 0 fully saturated rings. The second kappa shape index (κ2) is 5.09. The Kier molecular flexibility index (Phi) is 4.05. The molecule has 1 atom stereocenters. The van der Waals surface area contributed by atoms with Gasteiger partial charge in [0, 0.05) is 6.42 Å². The van der Waals surface area contributed by atoms with Crippen molar-refractivity contribution in [1.29, 1.82) is 0 Å². The molecule has 0 bridgehead atoms. The molecule has 0 amide bonds. The molecule has 0 saturated carbocycles. The van der Waals surface area contributed by atoms with E-state index in [0.29, 0.717) is 5.56 Å². The largest absolute Gasteiger partial charge is 0.468 e. The summed E-state index contributed by atoms with van der Waals surface area (Å²) >= 11 is 5.58. The summed E-state index contributed by atoms with van der Waals surface area (Å²) in [6.07, 6.45) is 0.0685. The lowest BCUT2D eigenvalue weighted by molar-refractivity contribution is -0.142. The monoisotopic (exact) mass is 231 g/mol. The summed E-state index contributed by atoms with van der Waals surface area (Å²) in [7, 11) is 1.23. The van der Waals surface area contributed by atoms with E-state index in [4.69, 9.17) is 17.3 Å². The van der Waals surface area contributed by atoms with Crippen molar-refractivity contribution in [3.8, 4) is 0 Å². The molecule has 0 aliphatic heterocycles. The Morgan fingerprint density at radius 1 is 1.67 bits per heavy atom. The van der Waals surface area contributed by atoms with Gasteiger partial charge < -0.3 is 10.5 Å². The molecule has 0 aromatic heterocycles. The van der Waals surface area contributed by atoms with Crippen LogP contribution in [0.3, 0.4) is 0 Å². The SMILES string of the molecule is COC(=O)[C@H](N)Cc1cccc(Cl)c1F. The van der Waals surface area contributed by atoms with E-state index >= 15 is 0 Å². The number of hydrogen-bond acceptors (Lipinski definition) is 3. The highest BCUT2D eigenvalue weighted by molar-refractivity contribution is 6.30. The lowest BCUT2D eigenvalue weighted by atomic mass is 10.1. The lowest BCUT2D eigenvalue weighted by Crippen LogP contribution is -2.33. The molecule has 82 valence electrons. The van der Waals surface area contributed by atoms with Crippen molar-refractivity contribution in [2.24, 2.45) is 5.73 Å². The molecule has 0 saturated heterocycles. The maximum absolute atomic E-state index is 13.4. The number of rotatable bonds is 3. The van der Waals surface area contributed by atoms with Gasteiger partial charge in [0.2, 0.25) is 0 Å². The Morgan fingerprint density at radius 2 is 2.33 bits per heavy atom. The molecule has 15 heavy (non-hydrogen) atoms. The lowest BCUT2D eigenvalue weighted by Gasteiger charge is -2.10. The predicted octanol–water partition coefficient (Wildman–Crippen LogP) is 1.52. The number of halogens is 2. The zero-order valence-corrected chi connectivity index (χ0v) is 8.92. The number of hydrogen-bond donors (Lipinski definition) is 1. The third kappa shape index (κ3) is 2.91. The Morgan fingerprint density at radius 3 is 2.93 bits per heavy atom. The molecule has 1 aromatic carbocycles. The van der Waals surface area contributed by atoms with Gasteiger partial charge in [-0.3, -0.25) is 4.79 Å². The average Bonchev–Trinajstić information content (AvgIpc) is 2.23. The summed E-state index contributed by atoms with van der Waals surface area (Å²) in [5.74, 6) is -1.12. The third-order valence-corrected chi connectivity index (χ3v) is 2.27. The molecular weight excluding hydrogens is 221 g/mol. The molecule has 0 radical (unpaired) electrons. The Hall–Kier alpha value is -1.13. The highest BCUT2D eigenvalue weighted by Gasteiger charge is 2.17. The van der Waals surface area contributed by atoms with E-state index in [-0.39, 0.29) is 11.4 Å². The summed E-state index contributed by atoms with van der Waals surface area (Å²) < 4.78 is 17.8. The maximum atomic E-state index is 13.4. The zero-order chi connectivity index (χ0) is 11.4. The van der Waals surface area contributed by atoms with E-state index in [9.17, 15) is 9.18 Å². The summed E-state index contributed by atoms with van der Waals surface area (Å²) in [6.45, 7) is 0. The van der Waals surface area contributed by atoms with E-state index < -0.39 is 17.8 Å². The summed E-state index contributed by atoms with van der Waals surface area (Å²) in [4.78, 5) is 11.0. The van der Waals surface area contributed by atoms with Crippen LogP contribution in [0, 0.1) is 5.82 Å². The normalized spacial score (nSPS) is 12.3. The summed E-state index contributed by atoms with van der Waals surface area (Å²) in [5.41, 5.74) is 5.80. The standard InChI is InChI=1S/C10H11ClFNO2/c1-15-10(14)8(13)5-6-3-2-4-7(11)9(6)12/h2-4,8H,5,13H2,1H3/t8-/m1/s1. The fraction of sp³-hybridized carbons (Fsp3) is 0.300. The highest BCUT2D eigenvalue weighted by Crippen LogP contribution is 2.18. The molecule has 0 aliphatic rings. The fourth-order valence-electron chi connectivity index (χ4n) is 1.18. The first-order valence-electron chi connectivity index (χ1n) is 4.32. The number of nitrogens with two attached hydrogens (primary N) is 1. The molecule has 1 rings (SSSR count). The minimum absolute atomic E-state index is 0.0181. The van der Waals surface area contributed by atoms with Crippen molar-refractivity contribution >= 4 is 17.6 Å². The van der Waals surface area contributed by atoms with Gasteiger partial charge in [-0.2, -0.15) is 0 Å². The van der Waals surface area contributed by atoms with Gasteiger partial charge in [-0.1, -0.05) is 23.7 Å². The van der Waals surface area contributed by atoms with Crippen molar-refractivity contribution in [3.05, 3.63) is 34.6 Å². The van der Waals surface area contributed by atoms with Crippen molar-refractivity contribution < 1.29 is 13.9 Å². The zero-order valence-electron chi connectivity index (χ0n) is 8.17. The average molecular weight is 232 g/mol. The summed E-state index contributed by atoms with van der Waals surface area (Å²) in [5, 5.41) is 0.0181. The van der Waals surface area contributed by atoms with E-state index in [1.54, 1.807) is 6.07 Å². The van der Waals surface area contributed by atoms with Crippen LogP contribution in [0.15, 0.2) is 18.2 Å². The molecule has 0 unspecified atom stereocenters. The van der Waals surface area contributed by atoms with Crippen LogP contribution in [0.1, 0.15) is 5.56 Å². The van der Waals surface area contributed by atoms with Crippen LogP contribution in [0.5, 0.6) is 0 Å². The van der Waals surface area contributed by atoms with Crippen LogP contribution in [-0.2, 0) is 16.0 Å². The smallest absolute Gasteiger partial charge is 0.322 e. The molecule has 1 aromatic rings. The fourth-order valence-corrected chi connectivity index (χ4v) is 1.37. The summed E-state index contributed by atoms with van der Waals surface area (Å²) in [6, 6.07) is 3.70. The van der Waals surface area contributed by atoms with Crippen molar-refractivity contribution in [2.45, 2.75) is 12.5 Å². The molecular formula is C10H11ClFNO2. The van der Waals surface area contributed by atoms with Crippen LogP contribution in [0.2, 0.25) is 5.02 Å². The second-order valence-corrected chi connectivity index (χ2v) is 3.45. The maximum Gasteiger partial charge on any atom is 0.322 e. The van der Waals surface area contributed by atoms with Crippen LogP contribution >= 0.6 is 11.6 Å². The van der Waals surface area contributed by atoms with Gasteiger partial charge in [-0.05, 0) is 11.6 Å². The number of esters is 1. The molecule has 0 heterocycles. The first kappa shape index (κ1) is 11.9. The van der Waals surface area contributed by atoms with Crippen molar-refractivity contribution in [1.82, 2.24) is 0 Å². The predicted molar refractivity (Wildman–Crippen MR) is 55.1 cm³/mol. The number of carbonyl (C=O) groups is 1. The number of benzene rings is 1. The third-order valence-electron chi connectivity index (χ3n) is 1.98. The van der Waals surface area contributed by atoms with Crippen LogP contribution in [0.25, 0.3) is 0 Å². The minimum atomic E-state index is -0.872. The van der Waals surface area contributed by atoms with Gasteiger partial charge in [-0.15, -0.1) is 0 Å². The van der Waals surface area contributed by atoms with E-state index in [1.165, 1.54) is 19.2 Å². The Balaban J connectivity index is 2.81. The topological polar surface area (TPSA) is 52.3 Å². The van der Waals surface area contributed by atoms with Gasteiger partial charge in [0.15, 0.2) is 0 Å².